The summed E-state index contributed by atoms with van der Waals surface area (Å²) >= 11 is 0. The van der Waals surface area contributed by atoms with Crippen LogP contribution in [0.1, 0.15) is 22.8 Å². The van der Waals surface area contributed by atoms with Gasteiger partial charge in [-0.1, -0.05) is 6.07 Å². The quantitative estimate of drug-likeness (QED) is 0.653. The molecule has 7 heteroatoms. The van der Waals surface area contributed by atoms with E-state index in [9.17, 15) is 18.0 Å². The predicted molar refractivity (Wildman–Crippen MR) is 81.5 cm³/mol. The number of benzene rings is 2. The molecule has 0 spiro atoms. The van der Waals surface area contributed by atoms with Crippen molar-refractivity contribution in [2.75, 3.05) is 17.7 Å². The lowest BCUT2D eigenvalue weighted by Gasteiger charge is -2.14. The number of alkyl halides is 3. The maximum atomic E-state index is 12.7. The number of carbonyl (C=O) groups is 1. The van der Waals surface area contributed by atoms with Crippen molar-refractivity contribution >= 4 is 23.0 Å². The summed E-state index contributed by atoms with van der Waals surface area (Å²) in [6.07, 6.45) is -4.44. The number of hydrogen-bond acceptors (Lipinski definition) is 4. The first-order valence-corrected chi connectivity index (χ1v) is 6.82. The molecule has 0 unspecified atom stereocenters. The normalized spacial score (nSPS) is 11.1. The zero-order valence-electron chi connectivity index (χ0n) is 12.3. The number of anilines is 3. The third-order valence-corrected chi connectivity index (χ3v) is 3.01. The molecule has 0 bridgehead atoms. The fraction of sp³-hybridized carbons (Fsp3) is 0.188. The van der Waals surface area contributed by atoms with Crippen LogP contribution in [0, 0.1) is 0 Å². The van der Waals surface area contributed by atoms with E-state index in [4.69, 9.17) is 10.5 Å². The van der Waals surface area contributed by atoms with Crippen LogP contribution in [0.5, 0.6) is 0 Å². The van der Waals surface area contributed by atoms with Gasteiger partial charge in [0, 0.05) is 11.4 Å². The van der Waals surface area contributed by atoms with Crippen molar-refractivity contribution in [2.45, 2.75) is 13.1 Å². The first-order valence-electron chi connectivity index (χ1n) is 6.82. The molecule has 0 heterocycles. The summed E-state index contributed by atoms with van der Waals surface area (Å²) in [5, 5.41) is 2.80. The number of halogens is 3. The van der Waals surface area contributed by atoms with Gasteiger partial charge in [0.2, 0.25) is 0 Å². The highest BCUT2D eigenvalue weighted by Crippen LogP contribution is 2.32. The smallest absolute Gasteiger partial charge is 0.416 e. The van der Waals surface area contributed by atoms with Gasteiger partial charge in [0.15, 0.2) is 0 Å². The number of nitrogen functional groups attached to an aromatic ring is 1. The Morgan fingerprint density at radius 2 is 1.96 bits per heavy atom. The Kier molecular flexibility index (Phi) is 4.78. The second-order valence-corrected chi connectivity index (χ2v) is 4.73. The highest BCUT2D eigenvalue weighted by molar-refractivity contribution is 5.97. The maximum Gasteiger partial charge on any atom is 0.416 e. The van der Waals surface area contributed by atoms with Crippen molar-refractivity contribution in [3.05, 3.63) is 53.6 Å². The Bertz CT molecular complexity index is 715. The summed E-state index contributed by atoms with van der Waals surface area (Å²) in [6.45, 7) is 1.83. The number of carbonyl (C=O) groups excluding carboxylic acids is 1. The fourth-order valence-electron chi connectivity index (χ4n) is 1.98. The van der Waals surface area contributed by atoms with E-state index >= 15 is 0 Å². The first kappa shape index (κ1) is 16.7. The van der Waals surface area contributed by atoms with E-state index in [-0.39, 0.29) is 17.9 Å². The first-order chi connectivity index (χ1) is 10.8. The Hall–Kier alpha value is -2.70. The molecule has 23 heavy (non-hydrogen) atoms. The lowest BCUT2D eigenvalue weighted by atomic mass is 10.1. The molecule has 2 aromatic rings. The van der Waals surface area contributed by atoms with E-state index in [1.54, 1.807) is 13.0 Å². The molecule has 0 aliphatic carbocycles. The molecule has 0 saturated carbocycles. The van der Waals surface area contributed by atoms with E-state index in [0.717, 1.165) is 12.1 Å². The largest absolute Gasteiger partial charge is 0.462 e. The minimum atomic E-state index is -4.44. The molecular formula is C16H15F3N2O2. The van der Waals surface area contributed by atoms with Crippen LogP contribution >= 0.6 is 0 Å². The highest BCUT2D eigenvalue weighted by Gasteiger charge is 2.30. The van der Waals surface area contributed by atoms with Gasteiger partial charge in [-0.05, 0) is 43.3 Å². The third kappa shape index (κ3) is 4.15. The summed E-state index contributed by atoms with van der Waals surface area (Å²) in [5.74, 6) is -0.603. The molecule has 122 valence electrons. The van der Waals surface area contributed by atoms with E-state index in [1.165, 1.54) is 24.3 Å². The molecule has 0 fully saturated rings. The van der Waals surface area contributed by atoms with Gasteiger partial charge in [-0.3, -0.25) is 0 Å². The van der Waals surface area contributed by atoms with Crippen molar-refractivity contribution in [1.29, 1.82) is 0 Å². The standard InChI is InChI=1S/C16H15F3N2O2/c1-2-23-15(22)13-9-11(20)6-7-14(13)21-12-5-3-4-10(8-12)16(17,18)19/h3-9,21H,2,20H2,1H3. The SMILES string of the molecule is CCOC(=O)c1cc(N)ccc1Nc1cccc(C(F)(F)F)c1. The van der Waals surface area contributed by atoms with Gasteiger partial charge >= 0.3 is 12.1 Å². The topological polar surface area (TPSA) is 64.3 Å². The summed E-state index contributed by atoms with van der Waals surface area (Å²) in [6, 6.07) is 9.16. The van der Waals surface area contributed by atoms with Crippen molar-refractivity contribution in [1.82, 2.24) is 0 Å². The molecule has 0 amide bonds. The summed E-state index contributed by atoms with van der Waals surface area (Å²) in [4.78, 5) is 11.9. The molecule has 0 radical (unpaired) electrons. The number of esters is 1. The Labute approximate surface area is 131 Å². The van der Waals surface area contributed by atoms with Crippen LogP contribution in [-0.4, -0.2) is 12.6 Å². The second kappa shape index (κ2) is 6.60. The van der Waals surface area contributed by atoms with Crippen molar-refractivity contribution in [2.24, 2.45) is 0 Å². The molecule has 0 aliphatic heterocycles. The molecular weight excluding hydrogens is 309 g/mol. The molecule has 4 nitrogen and oxygen atoms in total. The van der Waals surface area contributed by atoms with Crippen LogP contribution in [0.15, 0.2) is 42.5 Å². The van der Waals surface area contributed by atoms with Crippen LogP contribution < -0.4 is 11.1 Å². The zero-order chi connectivity index (χ0) is 17.0. The Morgan fingerprint density at radius 3 is 2.61 bits per heavy atom. The molecule has 0 aromatic heterocycles. The molecule has 0 aliphatic rings. The summed E-state index contributed by atoms with van der Waals surface area (Å²) < 4.78 is 43.2. The van der Waals surface area contributed by atoms with Crippen LogP contribution in [0.25, 0.3) is 0 Å². The predicted octanol–water partition coefficient (Wildman–Crippen LogP) is 4.21. The highest BCUT2D eigenvalue weighted by atomic mass is 19.4. The molecule has 2 aromatic carbocycles. The summed E-state index contributed by atoms with van der Waals surface area (Å²) in [5.41, 5.74) is 5.90. The molecule has 3 N–H and O–H groups in total. The van der Waals surface area contributed by atoms with E-state index in [2.05, 4.69) is 5.32 Å². The number of ether oxygens (including phenoxy) is 1. The van der Waals surface area contributed by atoms with Crippen molar-refractivity contribution in [3.8, 4) is 0 Å². The van der Waals surface area contributed by atoms with Gasteiger partial charge in [0.05, 0.1) is 23.4 Å². The fourth-order valence-corrected chi connectivity index (χ4v) is 1.98. The Morgan fingerprint density at radius 1 is 1.22 bits per heavy atom. The average Bonchev–Trinajstić information content (AvgIpc) is 2.49. The second-order valence-electron chi connectivity index (χ2n) is 4.73. The van der Waals surface area contributed by atoms with Crippen molar-refractivity contribution < 1.29 is 22.7 Å². The van der Waals surface area contributed by atoms with E-state index in [0.29, 0.717) is 11.4 Å². The lowest BCUT2D eigenvalue weighted by Crippen LogP contribution is -2.09. The number of nitrogens with two attached hydrogens (primary N) is 1. The van der Waals surface area contributed by atoms with Crippen LogP contribution in [0.2, 0.25) is 0 Å². The van der Waals surface area contributed by atoms with Gasteiger partial charge < -0.3 is 15.8 Å². The van der Waals surface area contributed by atoms with Crippen LogP contribution in [-0.2, 0) is 10.9 Å². The molecule has 0 saturated heterocycles. The van der Waals surface area contributed by atoms with Gasteiger partial charge in [0.1, 0.15) is 0 Å². The number of nitrogens with one attached hydrogen (secondary N) is 1. The van der Waals surface area contributed by atoms with Crippen LogP contribution in [0.3, 0.4) is 0 Å². The minimum absolute atomic E-state index is 0.157. The van der Waals surface area contributed by atoms with Gasteiger partial charge in [-0.2, -0.15) is 13.2 Å². The minimum Gasteiger partial charge on any atom is -0.462 e. The van der Waals surface area contributed by atoms with Crippen molar-refractivity contribution in [3.63, 3.8) is 0 Å². The van der Waals surface area contributed by atoms with E-state index in [1.807, 2.05) is 0 Å². The average molecular weight is 324 g/mol. The van der Waals surface area contributed by atoms with E-state index < -0.39 is 17.7 Å². The van der Waals surface area contributed by atoms with Crippen LogP contribution in [0.4, 0.5) is 30.2 Å². The zero-order valence-corrected chi connectivity index (χ0v) is 12.3. The third-order valence-electron chi connectivity index (χ3n) is 3.01. The van der Waals surface area contributed by atoms with Gasteiger partial charge in [0.25, 0.3) is 0 Å². The molecule has 0 atom stereocenters. The van der Waals surface area contributed by atoms with Gasteiger partial charge in [-0.15, -0.1) is 0 Å². The molecule has 2 rings (SSSR count). The Balaban J connectivity index is 2.35. The van der Waals surface area contributed by atoms with Gasteiger partial charge in [-0.25, -0.2) is 4.79 Å². The maximum absolute atomic E-state index is 12.7. The number of rotatable bonds is 4. The lowest BCUT2D eigenvalue weighted by molar-refractivity contribution is -0.137. The number of hydrogen-bond donors (Lipinski definition) is 2. The monoisotopic (exact) mass is 324 g/mol. The summed E-state index contributed by atoms with van der Waals surface area (Å²) in [7, 11) is 0.